The first kappa shape index (κ1) is 10.3. The molecular formula is C12H20N+. The number of hydrogen-bond acceptors (Lipinski definition) is 0. The highest BCUT2D eigenvalue weighted by molar-refractivity contribution is 5.22. The molecule has 72 valence electrons. The second-order valence-electron chi connectivity index (χ2n) is 4.70. The van der Waals surface area contributed by atoms with Gasteiger partial charge in [-0.1, -0.05) is 29.8 Å². The number of nitrogens with zero attached hydrogens (tertiary/aromatic N) is 1. The summed E-state index contributed by atoms with van der Waals surface area (Å²) in [5, 5.41) is 0. The molecule has 1 aromatic rings. The predicted molar refractivity (Wildman–Crippen MR) is 57.6 cm³/mol. The number of benzene rings is 1. The Bertz CT molecular complexity index is 266. The van der Waals surface area contributed by atoms with Crippen LogP contribution in [0.1, 0.15) is 24.1 Å². The van der Waals surface area contributed by atoms with Crippen LogP contribution in [-0.4, -0.2) is 25.6 Å². The molecule has 0 aliphatic carbocycles. The minimum absolute atomic E-state index is 0.556. The number of quaternary nitrogens is 1. The van der Waals surface area contributed by atoms with Gasteiger partial charge in [-0.3, -0.25) is 0 Å². The van der Waals surface area contributed by atoms with E-state index in [4.69, 9.17) is 0 Å². The molecule has 0 aliphatic rings. The summed E-state index contributed by atoms with van der Waals surface area (Å²) < 4.78 is 0.975. The highest BCUT2D eigenvalue weighted by Crippen LogP contribution is 2.22. The zero-order valence-electron chi connectivity index (χ0n) is 9.33. The van der Waals surface area contributed by atoms with Crippen LogP contribution in [0.2, 0.25) is 0 Å². The molecule has 1 heteroatoms. The fourth-order valence-electron chi connectivity index (χ4n) is 1.29. The Morgan fingerprint density at radius 3 is 1.85 bits per heavy atom. The van der Waals surface area contributed by atoms with Crippen molar-refractivity contribution < 1.29 is 4.48 Å². The molecule has 0 amide bonds. The van der Waals surface area contributed by atoms with E-state index in [1.807, 2.05) is 0 Å². The Labute approximate surface area is 81.6 Å². The third-order valence-electron chi connectivity index (χ3n) is 2.72. The first-order valence-electron chi connectivity index (χ1n) is 4.79. The molecular weight excluding hydrogens is 158 g/mol. The van der Waals surface area contributed by atoms with E-state index in [0.29, 0.717) is 6.04 Å². The maximum absolute atomic E-state index is 2.27. The standard InChI is InChI=1S/C12H20N/c1-10-6-8-12(9-7-10)11(2)13(3,4)5/h6-9,11H,1-5H3/q+1. The molecule has 1 rings (SSSR count). The van der Waals surface area contributed by atoms with E-state index in [9.17, 15) is 0 Å². The monoisotopic (exact) mass is 178 g/mol. The summed E-state index contributed by atoms with van der Waals surface area (Å²) in [6.45, 7) is 4.39. The molecule has 0 spiro atoms. The lowest BCUT2D eigenvalue weighted by Crippen LogP contribution is -2.37. The quantitative estimate of drug-likeness (QED) is 0.611. The molecule has 1 aromatic carbocycles. The second-order valence-corrected chi connectivity index (χ2v) is 4.70. The van der Waals surface area contributed by atoms with Crippen molar-refractivity contribution in [2.45, 2.75) is 19.9 Å². The Morgan fingerprint density at radius 2 is 1.46 bits per heavy atom. The SMILES string of the molecule is Cc1ccc(C(C)[N+](C)(C)C)cc1. The van der Waals surface area contributed by atoms with Crippen molar-refractivity contribution in [1.29, 1.82) is 0 Å². The van der Waals surface area contributed by atoms with Gasteiger partial charge in [-0.25, -0.2) is 0 Å². The average molecular weight is 178 g/mol. The molecule has 0 aromatic heterocycles. The van der Waals surface area contributed by atoms with Crippen molar-refractivity contribution in [2.75, 3.05) is 21.1 Å². The lowest BCUT2D eigenvalue weighted by atomic mass is 10.0. The van der Waals surface area contributed by atoms with Gasteiger partial charge in [-0.05, 0) is 13.8 Å². The van der Waals surface area contributed by atoms with Gasteiger partial charge in [-0.2, -0.15) is 0 Å². The van der Waals surface area contributed by atoms with Crippen molar-refractivity contribution in [3.05, 3.63) is 35.4 Å². The highest BCUT2D eigenvalue weighted by atomic mass is 15.3. The Kier molecular flexibility index (Phi) is 2.77. The van der Waals surface area contributed by atoms with E-state index in [1.54, 1.807) is 0 Å². The first-order valence-corrected chi connectivity index (χ1v) is 4.79. The van der Waals surface area contributed by atoms with Gasteiger partial charge in [0, 0.05) is 5.56 Å². The van der Waals surface area contributed by atoms with Crippen LogP contribution in [0.5, 0.6) is 0 Å². The minimum Gasteiger partial charge on any atom is -0.325 e. The summed E-state index contributed by atoms with van der Waals surface area (Å²) in [4.78, 5) is 0. The fraction of sp³-hybridized carbons (Fsp3) is 0.500. The summed E-state index contributed by atoms with van der Waals surface area (Å²) in [7, 11) is 6.68. The average Bonchev–Trinajstić information content (AvgIpc) is 2.03. The van der Waals surface area contributed by atoms with Gasteiger partial charge in [0.2, 0.25) is 0 Å². The van der Waals surface area contributed by atoms with Gasteiger partial charge in [0.05, 0.1) is 21.1 Å². The number of hydrogen-bond donors (Lipinski definition) is 0. The number of rotatable bonds is 2. The van der Waals surface area contributed by atoms with Gasteiger partial charge in [0.25, 0.3) is 0 Å². The highest BCUT2D eigenvalue weighted by Gasteiger charge is 2.19. The molecule has 1 atom stereocenters. The molecule has 13 heavy (non-hydrogen) atoms. The molecule has 0 saturated heterocycles. The van der Waals surface area contributed by atoms with Crippen molar-refractivity contribution in [2.24, 2.45) is 0 Å². The van der Waals surface area contributed by atoms with Crippen LogP contribution in [0.15, 0.2) is 24.3 Å². The minimum atomic E-state index is 0.556. The van der Waals surface area contributed by atoms with Crippen LogP contribution in [-0.2, 0) is 0 Å². The Morgan fingerprint density at radius 1 is 1.00 bits per heavy atom. The normalized spacial score (nSPS) is 14.2. The summed E-state index contributed by atoms with van der Waals surface area (Å²) in [6, 6.07) is 9.37. The number of aryl methyl sites for hydroxylation is 1. The molecule has 0 saturated carbocycles. The molecule has 1 nitrogen and oxygen atoms in total. The summed E-state index contributed by atoms with van der Waals surface area (Å²) in [5.41, 5.74) is 2.75. The maximum Gasteiger partial charge on any atom is 0.111 e. The molecule has 0 N–H and O–H groups in total. The van der Waals surface area contributed by atoms with Crippen LogP contribution < -0.4 is 0 Å². The Hall–Kier alpha value is -0.820. The zero-order chi connectivity index (χ0) is 10.1. The van der Waals surface area contributed by atoms with Gasteiger partial charge < -0.3 is 4.48 Å². The third kappa shape index (κ3) is 2.56. The summed E-state index contributed by atoms with van der Waals surface area (Å²) in [6.07, 6.45) is 0. The maximum atomic E-state index is 2.27. The lowest BCUT2D eigenvalue weighted by Gasteiger charge is -2.31. The van der Waals surface area contributed by atoms with Crippen molar-refractivity contribution >= 4 is 0 Å². The lowest BCUT2D eigenvalue weighted by molar-refractivity contribution is -0.900. The smallest absolute Gasteiger partial charge is 0.111 e. The van der Waals surface area contributed by atoms with E-state index in [1.165, 1.54) is 11.1 Å². The van der Waals surface area contributed by atoms with E-state index >= 15 is 0 Å². The van der Waals surface area contributed by atoms with Crippen LogP contribution in [0.3, 0.4) is 0 Å². The van der Waals surface area contributed by atoms with Crippen LogP contribution in [0.4, 0.5) is 0 Å². The molecule has 0 aliphatic heterocycles. The van der Waals surface area contributed by atoms with E-state index < -0.39 is 0 Å². The zero-order valence-corrected chi connectivity index (χ0v) is 9.33. The Balaban J connectivity index is 2.90. The predicted octanol–water partition coefficient (Wildman–Crippen LogP) is 2.76. The summed E-state index contributed by atoms with van der Waals surface area (Å²) >= 11 is 0. The van der Waals surface area contributed by atoms with Crippen molar-refractivity contribution in [1.82, 2.24) is 0 Å². The van der Waals surface area contributed by atoms with Gasteiger partial charge in [0.1, 0.15) is 6.04 Å². The molecule has 0 bridgehead atoms. The van der Waals surface area contributed by atoms with E-state index in [0.717, 1.165) is 4.48 Å². The first-order chi connectivity index (χ1) is 5.91. The van der Waals surface area contributed by atoms with Gasteiger partial charge in [0.15, 0.2) is 0 Å². The van der Waals surface area contributed by atoms with E-state index in [-0.39, 0.29) is 0 Å². The molecule has 1 unspecified atom stereocenters. The van der Waals surface area contributed by atoms with E-state index in [2.05, 4.69) is 59.3 Å². The van der Waals surface area contributed by atoms with Crippen molar-refractivity contribution in [3.63, 3.8) is 0 Å². The summed E-state index contributed by atoms with van der Waals surface area (Å²) in [5.74, 6) is 0. The third-order valence-corrected chi connectivity index (χ3v) is 2.72. The largest absolute Gasteiger partial charge is 0.325 e. The van der Waals surface area contributed by atoms with Crippen LogP contribution in [0, 0.1) is 6.92 Å². The van der Waals surface area contributed by atoms with Gasteiger partial charge >= 0.3 is 0 Å². The van der Waals surface area contributed by atoms with Crippen LogP contribution >= 0.6 is 0 Å². The van der Waals surface area contributed by atoms with Crippen LogP contribution in [0.25, 0.3) is 0 Å². The molecule has 0 heterocycles. The van der Waals surface area contributed by atoms with Crippen molar-refractivity contribution in [3.8, 4) is 0 Å². The topological polar surface area (TPSA) is 0 Å². The molecule has 0 fully saturated rings. The second kappa shape index (κ2) is 3.51. The fourth-order valence-corrected chi connectivity index (χ4v) is 1.29. The molecule has 0 radical (unpaired) electrons. The van der Waals surface area contributed by atoms with Gasteiger partial charge in [-0.15, -0.1) is 0 Å².